The summed E-state index contributed by atoms with van der Waals surface area (Å²) < 4.78 is 5.51. The molecule has 0 rings (SSSR count). The first-order valence-corrected chi connectivity index (χ1v) is 41.8. The summed E-state index contributed by atoms with van der Waals surface area (Å²) in [5, 5.41) is 23.3. The Morgan fingerprint density at radius 2 is 0.549 bits per heavy atom. The van der Waals surface area contributed by atoms with E-state index in [0.717, 1.165) is 44.9 Å². The van der Waals surface area contributed by atoms with Gasteiger partial charge in [0.2, 0.25) is 5.91 Å². The Labute approximate surface area is 570 Å². The lowest BCUT2D eigenvalue weighted by Gasteiger charge is -2.20. The molecule has 0 saturated carbocycles. The Morgan fingerprint density at radius 3 is 0.835 bits per heavy atom. The minimum absolute atomic E-state index is 0.0193. The molecule has 0 aliphatic rings. The first-order valence-electron chi connectivity index (χ1n) is 41.8. The van der Waals surface area contributed by atoms with Gasteiger partial charge in [-0.3, -0.25) is 9.59 Å². The Kier molecular flexibility index (Phi) is 78.8. The van der Waals surface area contributed by atoms with Crippen LogP contribution in [0.25, 0.3) is 0 Å². The molecule has 0 radical (unpaired) electrons. The van der Waals surface area contributed by atoms with Crippen molar-refractivity contribution in [2.75, 3.05) is 13.2 Å². The van der Waals surface area contributed by atoms with Crippen molar-refractivity contribution in [1.29, 1.82) is 0 Å². The molecular formula is C85H163NO5. The van der Waals surface area contributed by atoms with E-state index in [1.807, 2.05) is 6.08 Å². The number of esters is 1. The van der Waals surface area contributed by atoms with Crippen LogP contribution in [0.2, 0.25) is 0 Å². The molecule has 0 spiro atoms. The summed E-state index contributed by atoms with van der Waals surface area (Å²) in [6.07, 6.45) is 106. The van der Waals surface area contributed by atoms with Crippen molar-refractivity contribution < 1.29 is 24.5 Å². The molecule has 2 atom stereocenters. The van der Waals surface area contributed by atoms with Crippen molar-refractivity contribution in [2.45, 2.75) is 482 Å². The van der Waals surface area contributed by atoms with Crippen LogP contribution in [0.3, 0.4) is 0 Å². The Bertz CT molecular complexity index is 1470. The number of carbonyl (C=O) groups excluding carboxylic acids is 2. The fourth-order valence-electron chi connectivity index (χ4n) is 13.3. The predicted molar refractivity (Wildman–Crippen MR) is 403 cm³/mol. The van der Waals surface area contributed by atoms with Gasteiger partial charge in [-0.15, -0.1) is 0 Å². The topological polar surface area (TPSA) is 95.9 Å². The number of allylic oxidation sites excluding steroid dienone is 5. The van der Waals surface area contributed by atoms with Gasteiger partial charge in [-0.1, -0.05) is 429 Å². The molecule has 0 fully saturated rings. The van der Waals surface area contributed by atoms with Crippen molar-refractivity contribution in [3.63, 3.8) is 0 Å². The summed E-state index contributed by atoms with van der Waals surface area (Å²) in [4.78, 5) is 24.7. The number of hydrogen-bond acceptors (Lipinski definition) is 5. The predicted octanol–water partition coefficient (Wildman–Crippen LogP) is 27.8. The van der Waals surface area contributed by atoms with E-state index in [1.54, 1.807) is 6.08 Å². The maximum absolute atomic E-state index is 12.6. The van der Waals surface area contributed by atoms with Crippen LogP contribution in [-0.4, -0.2) is 47.4 Å². The number of aliphatic hydroxyl groups is 2. The molecule has 0 aliphatic carbocycles. The molecule has 0 aromatic rings. The van der Waals surface area contributed by atoms with E-state index in [9.17, 15) is 19.8 Å². The van der Waals surface area contributed by atoms with Crippen LogP contribution in [-0.2, 0) is 14.3 Å². The largest absolute Gasteiger partial charge is 0.466 e. The second-order valence-electron chi connectivity index (χ2n) is 28.8. The first kappa shape index (κ1) is 89.1. The van der Waals surface area contributed by atoms with Gasteiger partial charge in [-0.25, -0.2) is 0 Å². The van der Waals surface area contributed by atoms with Crippen molar-refractivity contribution in [1.82, 2.24) is 5.32 Å². The van der Waals surface area contributed by atoms with E-state index >= 15 is 0 Å². The number of rotatable bonds is 79. The van der Waals surface area contributed by atoms with Gasteiger partial charge in [0.1, 0.15) is 0 Å². The number of unbranched alkanes of at least 4 members (excludes halogenated alkanes) is 64. The summed E-state index contributed by atoms with van der Waals surface area (Å²) in [5.74, 6) is -0.0417. The SMILES string of the molecule is CCCCCCCCCCCCCCCCCCCCCCC/C=C/C(O)C(CO)NC(=O)CCCCCCCCCCCCCCCCCCC/C=C\C/C=C\CCCCCCCCCCCOC(=O)CCCCCCCCCCCCCCCCCCCC. The number of amides is 1. The lowest BCUT2D eigenvalue weighted by atomic mass is 10.0. The van der Waals surface area contributed by atoms with Crippen LogP contribution >= 0.6 is 0 Å². The fourth-order valence-corrected chi connectivity index (χ4v) is 13.3. The molecule has 0 saturated heterocycles. The highest BCUT2D eigenvalue weighted by molar-refractivity contribution is 5.76. The van der Waals surface area contributed by atoms with Gasteiger partial charge in [0.15, 0.2) is 0 Å². The van der Waals surface area contributed by atoms with Gasteiger partial charge in [0.25, 0.3) is 0 Å². The summed E-state index contributed by atoms with van der Waals surface area (Å²) in [5.41, 5.74) is 0. The number of nitrogens with one attached hydrogen (secondary N) is 1. The van der Waals surface area contributed by atoms with Gasteiger partial charge in [-0.05, 0) is 64.2 Å². The highest BCUT2D eigenvalue weighted by Gasteiger charge is 2.18. The van der Waals surface area contributed by atoms with E-state index < -0.39 is 12.1 Å². The summed E-state index contributed by atoms with van der Waals surface area (Å²) in [6, 6.07) is -0.628. The summed E-state index contributed by atoms with van der Waals surface area (Å²) in [6.45, 7) is 4.96. The molecule has 6 nitrogen and oxygen atoms in total. The molecule has 1 amide bonds. The zero-order valence-corrected chi connectivity index (χ0v) is 61.9. The van der Waals surface area contributed by atoms with Crippen LogP contribution in [0.5, 0.6) is 0 Å². The number of ether oxygens (including phenoxy) is 1. The van der Waals surface area contributed by atoms with E-state index in [1.165, 1.54) is 398 Å². The zero-order valence-electron chi connectivity index (χ0n) is 61.9. The third kappa shape index (κ3) is 77.0. The molecule has 0 bridgehead atoms. The second-order valence-corrected chi connectivity index (χ2v) is 28.8. The van der Waals surface area contributed by atoms with Crippen LogP contribution in [0.4, 0.5) is 0 Å². The van der Waals surface area contributed by atoms with E-state index in [-0.39, 0.29) is 18.5 Å². The quantitative estimate of drug-likeness (QED) is 0.0320. The van der Waals surface area contributed by atoms with Gasteiger partial charge >= 0.3 is 5.97 Å². The lowest BCUT2D eigenvalue weighted by molar-refractivity contribution is -0.143. The van der Waals surface area contributed by atoms with Gasteiger partial charge in [-0.2, -0.15) is 0 Å². The third-order valence-electron chi connectivity index (χ3n) is 19.7. The van der Waals surface area contributed by atoms with Crippen molar-refractivity contribution in [3.05, 3.63) is 36.5 Å². The van der Waals surface area contributed by atoms with E-state index in [2.05, 4.69) is 43.5 Å². The van der Waals surface area contributed by atoms with Gasteiger partial charge in [0, 0.05) is 12.8 Å². The standard InChI is InChI=1S/C85H163NO5/c1-3-5-7-9-11-13-15-17-19-21-23-24-36-39-42-45-49-53-57-61-65-69-73-77-83(88)82(81-87)86-84(89)78-74-70-66-62-58-54-50-46-43-40-37-34-32-30-28-26-25-27-29-31-33-35-38-41-44-48-52-56-60-64-68-72-76-80-91-85(90)79-75-71-67-63-59-55-51-47-22-20-18-16-14-12-10-8-6-4-2/h29,31,35,38,73,77,82-83,87-88H,3-28,30,32-34,36-37,39-72,74-76,78-81H2,1-2H3,(H,86,89)/b31-29-,38-35-,77-73+. The average Bonchev–Trinajstić information content (AvgIpc) is 3.56. The van der Waals surface area contributed by atoms with Crippen molar-refractivity contribution >= 4 is 11.9 Å². The smallest absolute Gasteiger partial charge is 0.305 e. The number of aliphatic hydroxyl groups excluding tert-OH is 2. The number of carbonyl (C=O) groups is 2. The molecule has 0 heterocycles. The fraction of sp³-hybridized carbons (Fsp3) is 0.906. The normalized spacial score (nSPS) is 12.6. The molecule has 0 aromatic heterocycles. The molecule has 6 heteroatoms. The van der Waals surface area contributed by atoms with Crippen LogP contribution < -0.4 is 5.32 Å². The Morgan fingerprint density at radius 1 is 0.308 bits per heavy atom. The average molecular weight is 1280 g/mol. The molecule has 538 valence electrons. The molecule has 2 unspecified atom stereocenters. The summed E-state index contributed by atoms with van der Waals surface area (Å²) in [7, 11) is 0. The first-order chi connectivity index (χ1) is 45.0. The van der Waals surface area contributed by atoms with Crippen LogP contribution in [0.1, 0.15) is 470 Å². The minimum atomic E-state index is -0.845. The zero-order chi connectivity index (χ0) is 65.6. The molecule has 3 N–H and O–H groups in total. The highest BCUT2D eigenvalue weighted by Crippen LogP contribution is 2.20. The van der Waals surface area contributed by atoms with Crippen molar-refractivity contribution in [3.8, 4) is 0 Å². The Hall–Kier alpha value is -1.92. The minimum Gasteiger partial charge on any atom is -0.466 e. The molecule has 0 aromatic carbocycles. The maximum atomic E-state index is 12.6. The van der Waals surface area contributed by atoms with Crippen LogP contribution in [0.15, 0.2) is 36.5 Å². The summed E-state index contributed by atoms with van der Waals surface area (Å²) >= 11 is 0. The monoisotopic (exact) mass is 1280 g/mol. The van der Waals surface area contributed by atoms with Gasteiger partial charge < -0.3 is 20.3 Å². The molecule has 0 aliphatic heterocycles. The second kappa shape index (κ2) is 80.5. The third-order valence-corrected chi connectivity index (χ3v) is 19.7. The molecule has 91 heavy (non-hydrogen) atoms. The van der Waals surface area contributed by atoms with E-state index in [4.69, 9.17) is 4.74 Å². The van der Waals surface area contributed by atoms with Gasteiger partial charge in [0.05, 0.1) is 25.4 Å². The Balaban J connectivity index is 3.39. The van der Waals surface area contributed by atoms with E-state index in [0.29, 0.717) is 19.4 Å². The molecular weight excluding hydrogens is 1110 g/mol. The number of hydrogen-bond donors (Lipinski definition) is 3. The van der Waals surface area contributed by atoms with Crippen LogP contribution in [0, 0.1) is 0 Å². The maximum Gasteiger partial charge on any atom is 0.305 e. The highest BCUT2D eigenvalue weighted by atomic mass is 16.5. The van der Waals surface area contributed by atoms with Crippen molar-refractivity contribution in [2.24, 2.45) is 0 Å². The lowest BCUT2D eigenvalue weighted by Crippen LogP contribution is -2.45.